The smallest absolute Gasteiger partial charge is 0.0541 e. The molecule has 0 aliphatic rings. The summed E-state index contributed by atoms with van der Waals surface area (Å²) in [7, 11) is 0. The molecule has 1 unspecified atom stereocenters. The van der Waals surface area contributed by atoms with E-state index in [9.17, 15) is 0 Å². The van der Waals surface area contributed by atoms with Crippen LogP contribution in [-0.4, -0.2) is 0 Å². The van der Waals surface area contributed by atoms with Gasteiger partial charge in [0.25, 0.3) is 0 Å². The van der Waals surface area contributed by atoms with Gasteiger partial charge in [0.05, 0.1) is 5.54 Å². The molecule has 2 heteroatoms. The molecule has 84 valence electrons. The zero-order valence-electron chi connectivity index (χ0n) is 9.96. The molecule has 0 saturated carbocycles. The number of hydrogen-bond acceptors (Lipinski definition) is 2. The van der Waals surface area contributed by atoms with Crippen LogP contribution in [0.4, 0.5) is 0 Å². The quantitative estimate of drug-likeness (QED) is 0.574. The highest BCUT2D eigenvalue weighted by Gasteiger charge is 2.24. The van der Waals surface area contributed by atoms with E-state index >= 15 is 0 Å². The fraction of sp³-hybridized carbons (Fsp3) is 0.538. The van der Waals surface area contributed by atoms with Crippen molar-refractivity contribution in [1.82, 2.24) is 5.43 Å². The van der Waals surface area contributed by atoms with Crippen molar-refractivity contribution in [2.75, 3.05) is 0 Å². The van der Waals surface area contributed by atoms with Gasteiger partial charge in [-0.1, -0.05) is 44.2 Å². The minimum atomic E-state index is -0.106. The van der Waals surface area contributed by atoms with E-state index in [-0.39, 0.29) is 5.54 Å². The van der Waals surface area contributed by atoms with Gasteiger partial charge < -0.3 is 0 Å². The molecule has 1 rings (SSSR count). The Morgan fingerprint density at radius 3 is 2.33 bits per heavy atom. The molecule has 1 aromatic rings. The van der Waals surface area contributed by atoms with Gasteiger partial charge in [-0.2, -0.15) is 0 Å². The third-order valence-corrected chi connectivity index (χ3v) is 2.95. The van der Waals surface area contributed by atoms with Crippen LogP contribution in [0.15, 0.2) is 30.3 Å². The van der Waals surface area contributed by atoms with E-state index in [1.807, 2.05) is 6.07 Å². The Labute approximate surface area is 92.8 Å². The van der Waals surface area contributed by atoms with Gasteiger partial charge in [-0.15, -0.1) is 0 Å². The molecule has 0 aliphatic carbocycles. The van der Waals surface area contributed by atoms with Crippen LogP contribution in [0.5, 0.6) is 0 Å². The van der Waals surface area contributed by atoms with Crippen LogP contribution in [-0.2, 0) is 5.54 Å². The van der Waals surface area contributed by atoms with Crippen molar-refractivity contribution in [2.24, 2.45) is 11.8 Å². The Kier molecular flexibility index (Phi) is 4.30. The minimum absolute atomic E-state index is 0.106. The highest BCUT2D eigenvalue weighted by atomic mass is 15.3. The summed E-state index contributed by atoms with van der Waals surface area (Å²) in [5.74, 6) is 6.38. The SMILES string of the molecule is CC(C)CCC(C)(NN)c1ccccc1. The van der Waals surface area contributed by atoms with Crippen molar-refractivity contribution < 1.29 is 0 Å². The number of rotatable bonds is 5. The second-order valence-corrected chi connectivity index (χ2v) is 4.77. The van der Waals surface area contributed by atoms with Gasteiger partial charge in [0.1, 0.15) is 0 Å². The average molecular weight is 206 g/mol. The summed E-state index contributed by atoms with van der Waals surface area (Å²) in [5.41, 5.74) is 4.10. The molecule has 0 radical (unpaired) electrons. The van der Waals surface area contributed by atoms with E-state index in [4.69, 9.17) is 5.84 Å². The fourth-order valence-corrected chi connectivity index (χ4v) is 1.68. The van der Waals surface area contributed by atoms with Crippen molar-refractivity contribution in [3.63, 3.8) is 0 Å². The third kappa shape index (κ3) is 3.33. The Morgan fingerprint density at radius 2 is 1.87 bits per heavy atom. The summed E-state index contributed by atoms with van der Waals surface area (Å²) in [6.07, 6.45) is 2.24. The Balaban J connectivity index is 2.76. The van der Waals surface area contributed by atoms with Crippen LogP contribution < -0.4 is 11.3 Å². The van der Waals surface area contributed by atoms with E-state index in [1.54, 1.807) is 0 Å². The highest BCUT2D eigenvalue weighted by Crippen LogP contribution is 2.26. The molecule has 0 bridgehead atoms. The van der Waals surface area contributed by atoms with Crippen molar-refractivity contribution in [1.29, 1.82) is 0 Å². The Hall–Kier alpha value is -0.860. The molecule has 0 fully saturated rings. The largest absolute Gasteiger partial charge is 0.271 e. The molecule has 0 amide bonds. The van der Waals surface area contributed by atoms with Gasteiger partial charge in [-0.05, 0) is 31.2 Å². The van der Waals surface area contributed by atoms with Crippen LogP contribution in [0.1, 0.15) is 39.2 Å². The normalized spacial score (nSPS) is 15.3. The second-order valence-electron chi connectivity index (χ2n) is 4.77. The molecule has 15 heavy (non-hydrogen) atoms. The van der Waals surface area contributed by atoms with Crippen LogP contribution in [0.25, 0.3) is 0 Å². The van der Waals surface area contributed by atoms with Gasteiger partial charge in [0.15, 0.2) is 0 Å². The lowest BCUT2D eigenvalue weighted by molar-refractivity contribution is 0.317. The number of nitrogens with one attached hydrogen (secondary N) is 1. The summed E-state index contributed by atoms with van der Waals surface area (Å²) in [4.78, 5) is 0. The third-order valence-electron chi connectivity index (χ3n) is 2.95. The molecule has 0 spiro atoms. The molecule has 2 nitrogen and oxygen atoms in total. The molecule has 0 aromatic heterocycles. The van der Waals surface area contributed by atoms with Gasteiger partial charge in [-0.25, -0.2) is 0 Å². The number of nitrogens with two attached hydrogens (primary N) is 1. The zero-order valence-corrected chi connectivity index (χ0v) is 9.96. The molecule has 1 atom stereocenters. The highest BCUT2D eigenvalue weighted by molar-refractivity contribution is 5.23. The lowest BCUT2D eigenvalue weighted by Gasteiger charge is -2.30. The van der Waals surface area contributed by atoms with Crippen LogP contribution in [0.3, 0.4) is 0 Å². The standard InChI is InChI=1S/C13H22N2/c1-11(2)9-10-13(3,15-14)12-7-5-4-6-8-12/h4-8,11,15H,9-10,14H2,1-3H3. The number of benzene rings is 1. The second kappa shape index (κ2) is 5.29. The van der Waals surface area contributed by atoms with E-state index in [1.165, 1.54) is 12.0 Å². The molecule has 0 aliphatic heterocycles. The first-order valence-electron chi connectivity index (χ1n) is 5.62. The molecule has 0 heterocycles. The van der Waals surface area contributed by atoms with E-state index in [0.29, 0.717) is 5.92 Å². The summed E-state index contributed by atoms with van der Waals surface area (Å²) in [6.45, 7) is 6.63. The number of hydrogen-bond donors (Lipinski definition) is 2. The maximum absolute atomic E-state index is 5.68. The van der Waals surface area contributed by atoms with Gasteiger partial charge in [0, 0.05) is 0 Å². The maximum Gasteiger partial charge on any atom is 0.0541 e. The molecule has 0 saturated heterocycles. The van der Waals surface area contributed by atoms with E-state index < -0.39 is 0 Å². The first-order chi connectivity index (χ1) is 7.08. The van der Waals surface area contributed by atoms with Crippen molar-refractivity contribution >= 4 is 0 Å². The summed E-state index contributed by atoms with van der Waals surface area (Å²) in [6, 6.07) is 10.4. The lowest BCUT2D eigenvalue weighted by atomic mass is 9.86. The molecular weight excluding hydrogens is 184 g/mol. The van der Waals surface area contributed by atoms with Crippen molar-refractivity contribution in [2.45, 2.75) is 39.2 Å². The topological polar surface area (TPSA) is 38.0 Å². The van der Waals surface area contributed by atoms with E-state index in [0.717, 1.165) is 6.42 Å². The zero-order chi connectivity index (χ0) is 11.3. The summed E-state index contributed by atoms with van der Waals surface area (Å²) in [5, 5.41) is 0. The van der Waals surface area contributed by atoms with Crippen LogP contribution in [0, 0.1) is 5.92 Å². The summed E-state index contributed by atoms with van der Waals surface area (Å²) < 4.78 is 0. The fourth-order valence-electron chi connectivity index (χ4n) is 1.68. The first-order valence-corrected chi connectivity index (χ1v) is 5.62. The van der Waals surface area contributed by atoms with Gasteiger partial charge in [0.2, 0.25) is 0 Å². The average Bonchev–Trinajstić information content (AvgIpc) is 2.27. The van der Waals surface area contributed by atoms with E-state index in [2.05, 4.69) is 50.5 Å². The van der Waals surface area contributed by atoms with Gasteiger partial charge in [-0.3, -0.25) is 11.3 Å². The Bertz CT molecular complexity index is 282. The van der Waals surface area contributed by atoms with Crippen LogP contribution in [0.2, 0.25) is 0 Å². The predicted octanol–water partition coefficient (Wildman–Crippen LogP) is 2.80. The van der Waals surface area contributed by atoms with Crippen molar-refractivity contribution in [3.05, 3.63) is 35.9 Å². The molecule has 1 aromatic carbocycles. The minimum Gasteiger partial charge on any atom is -0.271 e. The molecular formula is C13H22N2. The van der Waals surface area contributed by atoms with Crippen LogP contribution >= 0.6 is 0 Å². The molecule has 3 N–H and O–H groups in total. The Morgan fingerprint density at radius 1 is 1.27 bits per heavy atom. The first kappa shape index (κ1) is 12.2. The number of hydrazine groups is 1. The lowest BCUT2D eigenvalue weighted by Crippen LogP contribution is -2.44. The maximum atomic E-state index is 5.68. The summed E-state index contributed by atoms with van der Waals surface area (Å²) >= 11 is 0. The van der Waals surface area contributed by atoms with Gasteiger partial charge >= 0.3 is 0 Å². The van der Waals surface area contributed by atoms with Crippen molar-refractivity contribution in [3.8, 4) is 0 Å². The monoisotopic (exact) mass is 206 g/mol. The predicted molar refractivity (Wildman–Crippen MR) is 65.2 cm³/mol.